The average molecular weight is 274 g/mol. The molecule has 0 aliphatic heterocycles. The van der Waals surface area contributed by atoms with Crippen molar-refractivity contribution in [2.75, 3.05) is 13.2 Å². The first-order valence-electron chi connectivity index (χ1n) is 7.12. The van der Waals surface area contributed by atoms with Crippen LogP contribution in [0.3, 0.4) is 0 Å². The molecule has 1 aromatic rings. The van der Waals surface area contributed by atoms with Crippen molar-refractivity contribution in [3.63, 3.8) is 0 Å². The average Bonchev–Trinajstić information content (AvgIpc) is 2.35. The van der Waals surface area contributed by atoms with E-state index in [9.17, 15) is 5.26 Å². The van der Waals surface area contributed by atoms with Gasteiger partial charge in [-0.05, 0) is 43.0 Å². The number of ether oxygens (including phenoxy) is 1. The van der Waals surface area contributed by atoms with E-state index in [1.54, 1.807) is 0 Å². The van der Waals surface area contributed by atoms with Gasteiger partial charge in [0.1, 0.15) is 17.9 Å². The normalized spacial score (nSPS) is 14.4. The quantitative estimate of drug-likeness (QED) is 0.893. The number of nitrogens with one attached hydrogen (secondary N) is 1. The molecule has 20 heavy (non-hydrogen) atoms. The molecular formula is C17H26N2O. The van der Waals surface area contributed by atoms with Crippen LogP contribution >= 0.6 is 0 Å². The highest BCUT2D eigenvalue weighted by atomic mass is 16.5. The first-order valence-corrected chi connectivity index (χ1v) is 7.12. The van der Waals surface area contributed by atoms with Gasteiger partial charge in [-0.25, -0.2) is 0 Å². The lowest BCUT2D eigenvalue weighted by Crippen LogP contribution is -2.46. The van der Waals surface area contributed by atoms with E-state index in [1.165, 1.54) is 5.56 Å². The number of aryl methyl sites for hydroxylation is 1. The van der Waals surface area contributed by atoms with Crippen LogP contribution in [0.25, 0.3) is 0 Å². The third kappa shape index (κ3) is 4.25. The highest BCUT2D eigenvalue weighted by Gasteiger charge is 2.25. The van der Waals surface area contributed by atoms with Crippen LogP contribution in [0, 0.1) is 18.3 Å². The minimum atomic E-state index is -0.659. The molecule has 0 bridgehead atoms. The smallest absolute Gasteiger partial charge is 0.138 e. The van der Waals surface area contributed by atoms with Gasteiger partial charge in [0.15, 0.2) is 0 Å². The Labute approximate surface area is 123 Å². The van der Waals surface area contributed by atoms with Crippen LogP contribution in [0.1, 0.15) is 45.7 Å². The second kappa shape index (κ2) is 6.28. The summed E-state index contributed by atoms with van der Waals surface area (Å²) in [6.07, 6.45) is 0. The van der Waals surface area contributed by atoms with Gasteiger partial charge in [-0.1, -0.05) is 39.8 Å². The molecule has 1 aromatic carbocycles. The molecule has 1 N–H and O–H groups in total. The van der Waals surface area contributed by atoms with Gasteiger partial charge in [0.25, 0.3) is 0 Å². The third-order valence-corrected chi connectivity index (χ3v) is 3.28. The van der Waals surface area contributed by atoms with Crippen LogP contribution in [0.4, 0.5) is 0 Å². The van der Waals surface area contributed by atoms with Crippen molar-refractivity contribution >= 4 is 0 Å². The molecule has 0 heterocycles. The zero-order chi connectivity index (χ0) is 15.4. The second-order valence-corrected chi connectivity index (χ2v) is 6.51. The molecule has 0 amide bonds. The molecular weight excluding hydrogens is 248 g/mol. The summed E-state index contributed by atoms with van der Waals surface area (Å²) in [4.78, 5) is 0. The summed E-state index contributed by atoms with van der Waals surface area (Å²) in [7, 11) is 0. The van der Waals surface area contributed by atoms with E-state index in [-0.39, 0.29) is 5.41 Å². The Morgan fingerprint density at radius 2 is 1.90 bits per heavy atom. The second-order valence-electron chi connectivity index (χ2n) is 6.51. The number of likely N-dealkylation sites (N-methyl/N-ethyl adjacent to an activating group) is 1. The lowest BCUT2D eigenvalue weighted by atomic mass is 9.86. The third-order valence-electron chi connectivity index (χ3n) is 3.28. The topological polar surface area (TPSA) is 45.0 Å². The molecule has 0 aliphatic rings. The van der Waals surface area contributed by atoms with Crippen LogP contribution in [0.5, 0.6) is 5.75 Å². The number of rotatable bonds is 5. The molecule has 0 spiro atoms. The van der Waals surface area contributed by atoms with Gasteiger partial charge in [-0.15, -0.1) is 0 Å². The Morgan fingerprint density at radius 1 is 1.25 bits per heavy atom. The summed E-state index contributed by atoms with van der Waals surface area (Å²) >= 11 is 0. The number of nitrogens with zero attached hydrogens (tertiary/aromatic N) is 1. The van der Waals surface area contributed by atoms with Crippen LogP contribution in [-0.2, 0) is 5.41 Å². The van der Waals surface area contributed by atoms with Gasteiger partial charge in [-0.3, -0.25) is 5.32 Å². The van der Waals surface area contributed by atoms with Crippen molar-refractivity contribution in [1.82, 2.24) is 5.32 Å². The molecule has 0 saturated heterocycles. The maximum atomic E-state index is 9.29. The molecule has 1 unspecified atom stereocenters. The molecule has 0 saturated carbocycles. The van der Waals surface area contributed by atoms with E-state index in [1.807, 2.05) is 26.8 Å². The Morgan fingerprint density at radius 3 is 2.40 bits per heavy atom. The molecule has 0 aliphatic carbocycles. The summed E-state index contributed by atoms with van der Waals surface area (Å²) in [5, 5.41) is 12.5. The fourth-order valence-electron chi connectivity index (χ4n) is 2.10. The maximum absolute atomic E-state index is 9.29. The predicted molar refractivity (Wildman–Crippen MR) is 83.1 cm³/mol. The molecule has 3 heteroatoms. The zero-order valence-electron chi connectivity index (χ0n) is 13.5. The van der Waals surface area contributed by atoms with E-state index in [0.717, 1.165) is 17.9 Å². The summed E-state index contributed by atoms with van der Waals surface area (Å²) in [5.41, 5.74) is 1.69. The molecule has 0 aromatic heterocycles. The van der Waals surface area contributed by atoms with E-state index in [2.05, 4.69) is 44.3 Å². The predicted octanol–water partition coefficient (Wildman–Crippen LogP) is 3.56. The van der Waals surface area contributed by atoms with Crippen LogP contribution in [0.2, 0.25) is 0 Å². The van der Waals surface area contributed by atoms with Crippen LogP contribution in [0.15, 0.2) is 18.2 Å². The van der Waals surface area contributed by atoms with Crippen LogP contribution < -0.4 is 10.1 Å². The standard InChI is InChI=1S/C17H26N2O/c1-7-19-17(6,11-18)12-20-15-10-13(2)8-9-14(15)16(3,4)5/h8-10,19H,7,12H2,1-6H3. The molecule has 1 rings (SSSR count). The number of nitriles is 1. The van der Waals surface area contributed by atoms with Crippen LogP contribution in [-0.4, -0.2) is 18.7 Å². The Balaban J connectivity index is 2.98. The van der Waals surface area contributed by atoms with E-state index < -0.39 is 5.54 Å². The first kappa shape index (κ1) is 16.5. The molecule has 0 radical (unpaired) electrons. The molecule has 0 fully saturated rings. The van der Waals surface area contributed by atoms with Crippen molar-refractivity contribution in [3.05, 3.63) is 29.3 Å². The first-order chi connectivity index (χ1) is 9.22. The highest BCUT2D eigenvalue weighted by Crippen LogP contribution is 2.32. The number of hydrogen-bond acceptors (Lipinski definition) is 3. The summed E-state index contributed by atoms with van der Waals surface area (Å²) in [6, 6.07) is 8.54. The van der Waals surface area contributed by atoms with Gasteiger partial charge < -0.3 is 4.74 Å². The van der Waals surface area contributed by atoms with Crippen molar-refractivity contribution < 1.29 is 4.74 Å². The summed E-state index contributed by atoms with van der Waals surface area (Å²) < 4.78 is 5.97. The van der Waals surface area contributed by atoms with Gasteiger partial charge >= 0.3 is 0 Å². The summed E-state index contributed by atoms with van der Waals surface area (Å²) in [5.74, 6) is 0.872. The van der Waals surface area contributed by atoms with Crippen molar-refractivity contribution in [2.24, 2.45) is 0 Å². The highest BCUT2D eigenvalue weighted by molar-refractivity contribution is 5.41. The lowest BCUT2D eigenvalue weighted by molar-refractivity contribution is 0.232. The molecule has 3 nitrogen and oxygen atoms in total. The maximum Gasteiger partial charge on any atom is 0.138 e. The zero-order valence-corrected chi connectivity index (χ0v) is 13.5. The number of hydrogen-bond donors (Lipinski definition) is 1. The monoisotopic (exact) mass is 274 g/mol. The fraction of sp³-hybridized carbons (Fsp3) is 0.588. The van der Waals surface area contributed by atoms with Crippen molar-refractivity contribution in [3.8, 4) is 11.8 Å². The number of benzene rings is 1. The summed E-state index contributed by atoms with van der Waals surface area (Å²) in [6.45, 7) is 13.5. The van der Waals surface area contributed by atoms with E-state index >= 15 is 0 Å². The van der Waals surface area contributed by atoms with Gasteiger partial charge in [0.2, 0.25) is 0 Å². The Bertz CT molecular complexity index is 497. The van der Waals surface area contributed by atoms with Gasteiger partial charge in [0.05, 0.1) is 6.07 Å². The van der Waals surface area contributed by atoms with Gasteiger partial charge in [-0.2, -0.15) is 5.26 Å². The Hall–Kier alpha value is -1.53. The SMILES string of the molecule is CCNC(C)(C#N)COc1cc(C)ccc1C(C)(C)C. The van der Waals surface area contributed by atoms with E-state index in [4.69, 9.17) is 4.74 Å². The minimum absolute atomic E-state index is 0.0181. The van der Waals surface area contributed by atoms with E-state index in [0.29, 0.717) is 6.61 Å². The largest absolute Gasteiger partial charge is 0.490 e. The van der Waals surface area contributed by atoms with Crippen molar-refractivity contribution in [1.29, 1.82) is 5.26 Å². The van der Waals surface area contributed by atoms with Gasteiger partial charge in [0, 0.05) is 0 Å². The Kier molecular flexibility index (Phi) is 5.19. The fourth-order valence-corrected chi connectivity index (χ4v) is 2.10. The lowest BCUT2D eigenvalue weighted by Gasteiger charge is -2.27. The molecule has 110 valence electrons. The molecule has 1 atom stereocenters. The minimum Gasteiger partial charge on any atom is -0.490 e. The van der Waals surface area contributed by atoms with Crippen molar-refractivity contribution in [2.45, 2.75) is 52.5 Å².